The van der Waals surface area contributed by atoms with Crippen molar-refractivity contribution >= 4 is 0 Å². The maximum atomic E-state index is 4.94. The van der Waals surface area contributed by atoms with Crippen LogP contribution < -0.4 is 0 Å². The van der Waals surface area contributed by atoms with Gasteiger partial charge < -0.3 is 9.47 Å². The molecule has 1 atom stereocenters. The van der Waals surface area contributed by atoms with E-state index in [4.69, 9.17) is 9.47 Å². The Morgan fingerprint density at radius 2 is 1.45 bits per heavy atom. The first kappa shape index (κ1) is 10.9. The molecule has 0 aromatic carbocycles. The normalized spacial score (nSPS) is 25.9. The summed E-state index contributed by atoms with van der Waals surface area (Å²) >= 11 is 0. The second-order valence-electron chi connectivity index (χ2n) is 2.46. The molecule has 0 spiro atoms. The first-order valence-corrected chi connectivity index (χ1v) is 4.59. The van der Waals surface area contributed by atoms with Crippen molar-refractivity contribution in [3.05, 3.63) is 0 Å². The molecular formula is C9H20O2. The quantitative estimate of drug-likeness (QED) is 0.507. The van der Waals surface area contributed by atoms with Crippen LogP contribution in [0.2, 0.25) is 0 Å². The summed E-state index contributed by atoms with van der Waals surface area (Å²) < 4.78 is 9.65. The van der Waals surface area contributed by atoms with Crippen LogP contribution in [0.1, 0.15) is 33.6 Å². The maximum absolute atomic E-state index is 4.94. The van der Waals surface area contributed by atoms with Crippen LogP contribution in [-0.2, 0) is 9.47 Å². The van der Waals surface area contributed by atoms with E-state index in [1.165, 1.54) is 12.8 Å². The van der Waals surface area contributed by atoms with E-state index in [0.717, 1.165) is 19.8 Å². The average molecular weight is 160 g/mol. The van der Waals surface area contributed by atoms with Gasteiger partial charge >= 0.3 is 0 Å². The molecule has 68 valence electrons. The van der Waals surface area contributed by atoms with Crippen LogP contribution in [0.4, 0.5) is 0 Å². The zero-order valence-corrected chi connectivity index (χ0v) is 7.93. The summed E-state index contributed by atoms with van der Waals surface area (Å²) in [7, 11) is 0. The molecule has 0 amide bonds. The fourth-order valence-electron chi connectivity index (χ4n) is 0.607. The Morgan fingerprint density at radius 3 is 1.55 bits per heavy atom. The fourth-order valence-corrected chi connectivity index (χ4v) is 0.607. The van der Waals surface area contributed by atoms with Crippen molar-refractivity contribution in [3.8, 4) is 0 Å². The van der Waals surface area contributed by atoms with Gasteiger partial charge in [-0.25, -0.2) is 0 Å². The van der Waals surface area contributed by atoms with E-state index < -0.39 is 0 Å². The highest BCUT2D eigenvalue weighted by molar-refractivity contribution is 4.58. The van der Waals surface area contributed by atoms with E-state index in [0.29, 0.717) is 6.10 Å². The first-order valence-electron chi connectivity index (χ1n) is 4.59. The summed E-state index contributed by atoms with van der Waals surface area (Å²) in [6.45, 7) is 9.04. The van der Waals surface area contributed by atoms with Gasteiger partial charge in [0.2, 0.25) is 0 Å². The largest absolute Gasteiger partial charge is 0.381 e. The molecule has 0 bridgehead atoms. The molecule has 0 aromatic heterocycles. The fraction of sp³-hybridized carbons (Fsp3) is 1.00. The lowest BCUT2D eigenvalue weighted by Crippen LogP contribution is -1.74. The Morgan fingerprint density at radius 1 is 1.09 bits per heavy atom. The van der Waals surface area contributed by atoms with Gasteiger partial charge in [-0.05, 0) is 19.8 Å². The lowest BCUT2D eigenvalue weighted by Gasteiger charge is -1.76. The second-order valence-corrected chi connectivity index (χ2v) is 2.46. The third-order valence-corrected chi connectivity index (χ3v) is 1.33. The third kappa shape index (κ3) is 9.92. The zero-order chi connectivity index (χ0) is 8.53. The molecule has 0 radical (unpaired) electrons. The lowest BCUT2D eigenvalue weighted by molar-refractivity contribution is 0.198. The molecule has 2 rings (SSSR count). The highest BCUT2D eigenvalue weighted by Gasteiger charge is 2.13. The van der Waals surface area contributed by atoms with E-state index in [-0.39, 0.29) is 0 Å². The second kappa shape index (κ2) is 8.02. The van der Waals surface area contributed by atoms with E-state index in [1.54, 1.807) is 0 Å². The predicted molar refractivity (Wildman–Crippen MR) is 46.8 cm³/mol. The van der Waals surface area contributed by atoms with Gasteiger partial charge in [-0.2, -0.15) is 0 Å². The van der Waals surface area contributed by atoms with E-state index >= 15 is 0 Å². The van der Waals surface area contributed by atoms with E-state index in [1.807, 2.05) is 13.8 Å². The molecule has 0 saturated carbocycles. The SMILES string of the molecule is C1CCOC1.CC.CC1CO1. The van der Waals surface area contributed by atoms with Crippen molar-refractivity contribution < 1.29 is 9.47 Å². The molecule has 2 heterocycles. The van der Waals surface area contributed by atoms with Crippen LogP contribution in [0.5, 0.6) is 0 Å². The minimum absolute atomic E-state index is 0.583. The van der Waals surface area contributed by atoms with Crippen LogP contribution in [0.3, 0.4) is 0 Å². The highest BCUT2D eigenvalue weighted by atomic mass is 16.6. The van der Waals surface area contributed by atoms with Crippen LogP contribution in [0.15, 0.2) is 0 Å². The molecule has 11 heavy (non-hydrogen) atoms. The Labute approximate surface area is 69.9 Å². The summed E-state index contributed by atoms with van der Waals surface area (Å²) in [5, 5.41) is 0. The Bertz CT molecular complexity index is 58.4. The van der Waals surface area contributed by atoms with Crippen LogP contribution in [0, 0.1) is 0 Å². The molecule has 2 fully saturated rings. The van der Waals surface area contributed by atoms with Crippen molar-refractivity contribution in [2.75, 3.05) is 19.8 Å². The monoisotopic (exact) mass is 160 g/mol. The van der Waals surface area contributed by atoms with Gasteiger partial charge in [-0.1, -0.05) is 13.8 Å². The van der Waals surface area contributed by atoms with Crippen molar-refractivity contribution in [2.24, 2.45) is 0 Å². The maximum Gasteiger partial charge on any atom is 0.0781 e. The van der Waals surface area contributed by atoms with Gasteiger partial charge in [-0.3, -0.25) is 0 Å². The molecule has 2 saturated heterocycles. The molecule has 2 nitrogen and oxygen atoms in total. The van der Waals surface area contributed by atoms with Gasteiger partial charge in [0.25, 0.3) is 0 Å². The number of hydrogen-bond acceptors (Lipinski definition) is 2. The highest BCUT2D eigenvalue weighted by Crippen LogP contribution is 2.04. The third-order valence-electron chi connectivity index (χ3n) is 1.33. The molecular weight excluding hydrogens is 140 g/mol. The Hall–Kier alpha value is -0.0800. The number of rotatable bonds is 0. The minimum atomic E-state index is 0.583. The van der Waals surface area contributed by atoms with Crippen LogP contribution in [0.25, 0.3) is 0 Å². The van der Waals surface area contributed by atoms with Crippen LogP contribution in [-0.4, -0.2) is 25.9 Å². The van der Waals surface area contributed by atoms with Gasteiger partial charge in [0, 0.05) is 13.2 Å². The Kier molecular flexibility index (Phi) is 7.96. The van der Waals surface area contributed by atoms with Crippen LogP contribution >= 0.6 is 0 Å². The minimum Gasteiger partial charge on any atom is -0.381 e. The molecule has 1 unspecified atom stereocenters. The standard InChI is InChI=1S/C4H8O.C3H6O.C2H6/c1-2-4-5-3-1;1-3-2-4-3;1-2/h1-4H2;3H,2H2,1H3;1-2H3. The number of ether oxygens (including phenoxy) is 2. The predicted octanol–water partition coefficient (Wildman–Crippen LogP) is 2.23. The van der Waals surface area contributed by atoms with Crippen molar-refractivity contribution in [2.45, 2.75) is 39.7 Å². The molecule has 0 N–H and O–H groups in total. The molecule has 2 aliphatic heterocycles. The Balaban J connectivity index is 0.000000152. The average Bonchev–Trinajstić information content (AvgIpc) is 2.64. The number of epoxide rings is 1. The van der Waals surface area contributed by atoms with Gasteiger partial charge in [0.15, 0.2) is 0 Å². The van der Waals surface area contributed by atoms with E-state index in [9.17, 15) is 0 Å². The molecule has 2 aliphatic rings. The lowest BCUT2D eigenvalue weighted by atomic mass is 10.4. The summed E-state index contributed by atoms with van der Waals surface area (Å²) in [5.74, 6) is 0. The smallest absolute Gasteiger partial charge is 0.0781 e. The topological polar surface area (TPSA) is 21.8 Å². The van der Waals surface area contributed by atoms with Crippen molar-refractivity contribution in [3.63, 3.8) is 0 Å². The molecule has 0 aliphatic carbocycles. The summed E-state index contributed by atoms with van der Waals surface area (Å²) in [6, 6.07) is 0. The number of hydrogen-bond donors (Lipinski definition) is 0. The first-order chi connectivity index (χ1) is 5.39. The summed E-state index contributed by atoms with van der Waals surface area (Å²) in [4.78, 5) is 0. The van der Waals surface area contributed by atoms with Crippen molar-refractivity contribution in [1.29, 1.82) is 0 Å². The molecule has 2 heteroatoms. The van der Waals surface area contributed by atoms with Gasteiger partial charge in [0.05, 0.1) is 12.7 Å². The van der Waals surface area contributed by atoms with Gasteiger partial charge in [0.1, 0.15) is 0 Å². The summed E-state index contributed by atoms with van der Waals surface area (Å²) in [5.41, 5.74) is 0. The van der Waals surface area contributed by atoms with Gasteiger partial charge in [-0.15, -0.1) is 0 Å². The van der Waals surface area contributed by atoms with Crippen molar-refractivity contribution in [1.82, 2.24) is 0 Å². The summed E-state index contributed by atoms with van der Waals surface area (Å²) in [6.07, 6.45) is 3.14. The zero-order valence-electron chi connectivity index (χ0n) is 7.93. The molecule has 0 aromatic rings. The van der Waals surface area contributed by atoms with E-state index in [2.05, 4.69) is 6.92 Å².